The summed E-state index contributed by atoms with van der Waals surface area (Å²) in [7, 11) is 6.68. The van der Waals surface area contributed by atoms with Crippen molar-refractivity contribution in [1.29, 1.82) is 0 Å². The highest BCUT2D eigenvalue weighted by Crippen LogP contribution is 2.44. The lowest BCUT2D eigenvalue weighted by Gasteiger charge is -2.27. The van der Waals surface area contributed by atoms with Gasteiger partial charge in [-0.3, -0.25) is 9.59 Å². The number of Topliss-reactive ketones (excluding diaryl/α,β-unsaturated/α-hetero) is 1. The molecule has 4 rings (SSSR count). The largest absolute Gasteiger partial charge is 0.507 e. The first-order chi connectivity index (χ1) is 16.8. The SMILES string of the molecule is COc1cc(/C(O)=C2\C(=O)C(=O)N(CCN(C)C)C2c2cccc3ccccc23)c(OC)cc1Cl. The van der Waals surface area contributed by atoms with Crippen LogP contribution in [0.2, 0.25) is 5.02 Å². The molecule has 1 amide bonds. The minimum absolute atomic E-state index is 0.00668. The number of methoxy groups -OCH3 is 2. The number of fused-ring (bicyclic) bond motifs is 1. The van der Waals surface area contributed by atoms with Crippen molar-refractivity contribution in [2.45, 2.75) is 6.04 Å². The molecule has 0 spiro atoms. The number of carbonyl (C=O) groups excluding carboxylic acids is 2. The van der Waals surface area contributed by atoms with Gasteiger partial charge in [0.2, 0.25) is 0 Å². The summed E-state index contributed by atoms with van der Waals surface area (Å²) in [5.41, 5.74) is 0.958. The molecular weight excluding hydrogens is 468 g/mol. The van der Waals surface area contributed by atoms with E-state index in [2.05, 4.69) is 0 Å². The lowest BCUT2D eigenvalue weighted by molar-refractivity contribution is -0.140. The molecule has 0 aliphatic carbocycles. The summed E-state index contributed by atoms with van der Waals surface area (Å²) < 4.78 is 10.7. The summed E-state index contributed by atoms with van der Waals surface area (Å²) in [6.45, 7) is 0.857. The van der Waals surface area contributed by atoms with Crippen molar-refractivity contribution in [3.63, 3.8) is 0 Å². The summed E-state index contributed by atoms with van der Waals surface area (Å²) in [5.74, 6) is -1.20. The van der Waals surface area contributed by atoms with Crippen LogP contribution in [0.4, 0.5) is 0 Å². The Labute approximate surface area is 209 Å². The zero-order valence-corrected chi connectivity index (χ0v) is 20.8. The van der Waals surface area contributed by atoms with Crippen LogP contribution in [0.3, 0.4) is 0 Å². The first kappa shape index (κ1) is 24.6. The average Bonchev–Trinajstić information content (AvgIpc) is 3.11. The molecule has 1 aliphatic heterocycles. The van der Waals surface area contributed by atoms with Gasteiger partial charge in [-0.15, -0.1) is 0 Å². The number of hydrogen-bond acceptors (Lipinski definition) is 6. The Morgan fingerprint density at radius 2 is 1.71 bits per heavy atom. The van der Waals surface area contributed by atoms with E-state index in [-0.39, 0.29) is 27.7 Å². The minimum atomic E-state index is -0.785. The van der Waals surface area contributed by atoms with Crippen LogP contribution >= 0.6 is 11.6 Å². The predicted octanol–water partition coefficient (Wildman–Crippen LogP) is 4.49. The van der Waals surface area contributed by atoms with Crippen LogP contribution < -0.4 is 9.47 Å². The van der Waals surface area contributed by atoms with Crippen molar-refractivity contribution >= 4 is 39.8 Å². The first-order valence-corrected chi connectivity index (χ1v) is 11.5. The third-order valence-corrected chi connectivity index (χ3v) is 6.47. The lowest BCUT2D eigenvalue weighted by Crippen LogP contribution is -2.35. The molecule has 7 nitrogen and oxygen atoms in total. The molecule has 0 aromatic heterocycles. The van der Waals surface area contributed by atoms with Gasteiger partial charge in [-0.1, -0.05) is 54.1 Å². The second-order valence-corrected chi connectivity index (χ2v) is 8.96. The molecule has 0 saturated carbocycles. The number of carbonyl (C=O) groups is 2. The third-order valence-electron chi connectivity index (χ3n) is 6.18. The molecule has 1 unspecified atom stereocenters. The quantitative estimate of drug-likeness (QED) is 0.296. The number of benzene rings is 3. The van der Waals surface area contributed by atoms with Crippen molar-refractivity contribution in [2.75, 3.05) is 41.4 Å². The number of halogens is 1. The second-order valence-electron chi connectivity index (χ2n) is 8.55. The number of hydrogen-bond donors (Lipinski definition) is 1. The monoisotopic (exact) mass is 494 g/mol. The molecule has 1 saturated heterocycles. The topological polar surface area (TPSA) is 79.3 Å². The van der Waals surface area contributed by atoms with Crippen LogP contribution in [0.1, 0.15) is 17.2 Å². The Morgan fingerprint density at radius 3 is 2.40 bits per heavy atom. The number of rotatable bonds is 7. The Morgan fingerprint density at radius 1 is 1.03 bits per heavy atom. The van der Waals surface area contributed by atoms with Crippen molar-refractivity contribution in [3.8, 4) is 11.5 Å². The first-order valence-electron chi connectivity index (χ1n) is 11.1. The summed E-state index contributed by atoms with van der Waals surface area (Å²) in [6.07, 6.45) is 0. The number of likely N-dealkylation sites (tertiary alicyclic amines) is 1. The molecule has 3 aromatic carbocycles. The molecular formula is C27H27ClN2O5. The highest BCUT2D eigenvalue weighted by Gasteiger charge is 2.46. The van der Waals surface area contributed by atoms with E-state index in [1.807, 2.05) is 61.5 Å². The van der Waals surface area contributed by atoms with Crippen LogP contribution in [0.5, 0.6) is 11.5 Å². The summed E-state index contributed by atoms with van der Waals surface area (Å²) in [6, 6.07) is 15.7. The van der Waals surface area contributed by atoms with Gasteiger partial charge in [0.25, 0.3) is 11.7 Å². The number of aliphatic hydroxyl groups excluding tert-OH is 1. The number of ether oxygens (including phenoxy) is 2. The van der Waals surface area contributed by atoms with E-state index in [1.165, 1.54) is 31.3 Å². The predicted molar refractivity (Wildman–Crippen MR) is 136 cm³/mol. The maximum atomic E-state index is 13.4. The van der Waals surface area contributed by atoms with E-state index < -0.39 is 17.7 Å². The van der Waals surface area contributed by atoms with Crippen LogP contribution in [0, 0.1) is 0 Å². The fourth-order valence-corrected chi connectivity index (χ4v) is 4.65. The van der Waals surface area contributed by atoms with Gasteiger partial charge < -0.3 is 24.4 Å². The molecule has 0 radical (unpaired) electrons. The molecule has 1 heterocycles. The number of likely N-dealkylation sites (N-methyl/N-ethyl adjacent to an activating group) is 1. The standard InChI is InChI=1S/C27H27ClN2O5/c1-29(2)12-13-30-24(18-11-7-9-16-8-5-6-10-17(16)18)23(26(32)27(30)33)25(31)19-14-22(35-4)20(28)15-21(19)34-3/h5-11,14-15,24,31H,12-13H2,1-4H3/b25-23+. The fraction of sp³-hybridized carbons (Fsp3) is 0.259. The van der Waals surface area contributed by atoms with E-state index in [1.54, 1.807) is 0 Å². The summed E-state index contributed by atoms with van der Waals surface area (Å²) >= 11 is 6.24. The van der Waals surface area contributed by atoms with E-state index >= 15 is 0 Å². The molecule has 35 heavy (non-hydrogen) atoms. The van der Waals surface area contributed by atoms with Crippen LogP contribution in [-0.4, -0.2) is 68.0 Å². The lowest BCUT2D eigenvalue weighted by atomic mass is 9.91. The van der Waals surface area contributed by atoms with Crippen LogP contribution in [0.25, 0.3) is 16.5 Å². The van der Waals surface area contributed by atoms with Gasteiger partial charge in [0.15, 0.2) is 0 Å². The van der Waals surface area contributed by atoms with Crippen LogP contribution in [0.15, 0.2) is 60.2 Å². The fourth-order valence-electron chi connectivity index (χ4n) is 4.42. The number of nitrogens with zero attached hydrogens (tertiary/aromatic N) is 2. The van der Waals surface area contributed by atoms with E-state index in [0.29, 0.717) is 18.8 Å². The van der Waals surface area contributed by atoms with Crippen LogP contribution in [-0.2, 0) is 9.59 Å². The van der Waals surface area contributed by atoms with Crippen molar-refractivity contribution in [1.82, 2.24) is 9.80 Å². The zero-order valence-electron chi connectivity index (χ0n) is 20.0. The van der Waals surface area contributed by atoms with Gasteiger partial charge >= 0.3 is 0 Å². The Bertz CT molecular complexity index is 1330. The summed E-state index contributed by atoms with van der Waals surface area (Å²) in [4.78, 5) is 30.1. The van der Waals surface area contributed by atoms with E-state index in [4.69, 9.17) is 21.1 Å². The van der Waals surface area contributed by atoms with Gasteiger partial charge in [-0.25, -0.2) is 0 Å². The van der Waals surface area contributed by atoms with Gasteiger partial charge in [0.05, 0.1) is 36.4 Å². The molecule has 1 aliphatic rings. The maximum absolute atomic E-state index is 13.4. The number of aliphatic hydroxyl groups is 1. The van der Waals surface area contributed by atoms with Crippen molar-refractivity contribution < 1.29 is 24.2 Å². The molecule has 182 valence electrons. The highest BCUT2D eigenvalue weighted by atomic mass is 35.5. The van der Waals surface area contributed by atoms with Gasteiger partial charge in [0, 0.05) is 19.2 Å². The Balaban J connectivity index is 1.99. The molecule has 0 bridgehead atoms. The average molecular weight is 495 g/mol. The zero-order chi connectivity index (χ0) is 25.3. The van der Waals surface area contributed by atoms with Crippen molar-refractivity contribution in [2.24, 2.45) is 0 Å². The molecule has 1 fully saturated rings. The second kappa shape index (κ2) is 9.98. The molecule has 1 N–H and O–H groups in total. The Kier molecular flexibility index (Phi) is 7.00. The highest BCUT2D eigenvalue weighted by molar-refractivity contribution is 6.46. The smallest absolute Gasteiger partial charge is 0.295 e. The normalized spacial score (nSPS) is 17.4. The molecule has 3 aromatic rings. The molecule has 8 heteroatoms. The number of ketones is 1. The minimum Gasteiger partial charge on any atom is -0.507 e. The number of amides is 1. The van der Waals surface area contributed by atoms with E-state index in [9.17, 15) is 14.7 Å². The van der Waals surface area contributed by atoms with Gasteiger partial charge in [0.1, 0.15) is 17.3 Å². The van der Waals surface area contributed by atoms with E-state index in [0.717, 1.165) is 16.3 Å². The third kappa shape index (κ3) is 4.45. The van der Waals surface area contributed by atoms with Gasteiger partial charge in [-0.2, -0.15) is 0 Å². The molecule has 1 atom stereocenters. The summed E-state index contributed by atoms with van der Waals surface area (Å²) in [5, 5.41) is 13.7. The Hall–Kier alpha value is -3.55. The van der Waals surface area contributed by atoms with Crippen molar-refractivity contribution in [3.05, 3.63) is 76.3 Å². The maximum Gasteiger partial charge on any atom is 0.295 e. The van der Waals surface area contributed by atoms with Gasteiger partial charge in [-0.05, 0) is 36.5 Å².